The van der Waals surface area contributed by atoms with Crippen LogP contribution in [0.25, 0.3) is 0 Å². The van der Waals surface area contributed by atoms with E-state index in [9.17, 15) is 0 Å². The maximum absolute atomic E-state index is 5.97. The quantitative estimate of drug-likeness (QED) is 0.517. The molecule has 0 heterocycles. The summed E-state index contributed by atoms with van der Waals surface area (Å²) in [6.45, 7) is 2.82. The predicted molar refractivity (Wildman–Crippen MR) is 96.2 cm³/mol. The molecule has 0 atom stereocenters. The van der Waals surface area contributed by atoms with Crippen molar-refractivity contribution in [3.8, 4) is 11.5 Å². The van der Waals surface area contributed by atoms with Crippen molar-refractivity contribution in [3.05, 3.63) is 59.7 Å². The van der Waals surface area contributed by atoms with Crippen LogP contribution < -0.4 is 9.47 Å². The Bertz CT molecular complexity index is 563. The molecule has 0 N–H and O–H groups in total. The number of ether oxygens (including phenoxy) is 2. The minimum Gasteiger partial charge on any atom is -0.493 e. The summed E-state index contributed by atoms with van der Waals surface area (Å²) in [5, 5.41) is 0. The Morgan fingerprint density at radius 2 is 1.57 bits per heavy atom. The minimum absolute atomic E-state index is 0.567. The SMILES string of the molecule is CCCCCCCc1ccc(OC)c(OCc2ccccc2)c1. The molecular weight excluding hydrogens is 284 g/mol. The summed E-state index contributed by atoms with van der Waals surface area (Å²) in [6.07, 6.45) is 7.62. The topological polar surface area (TPSA) is 18.5 Å². The van der Waals surface area contributed by atoms with Crippen molar-refractivity contribution in [2.45, 2.75) is 52.1 Å². The average Bonchev–Trinajstić information content (AvgIpc) is 2.61. The second kappa shape index (κ2) is 9.94. The highest BCUT2D eigenvalue weighted by molar-refractivity contribution is 5.43. The number of rotatable bonds is 10. The highest BCUT2D eigenvalue weighted by Gasteiger charge is 2.06. The molecule has 0 saturated carbocycles. The summed E-state index contributed by atoms with van der Waals surface area (Å²) in [5.74, 6) is 1.64. The molecule has 0 fully saturated rings. The van der Waals surface area contributed by atoms with Crippen LogP contribution in [0.15, 0.2) is 48.5 Å². The lowest BCUT2D eigenvalue weighted by molar-refractivity contribution is 0.284. The molecule has 124 valence electrons. The van der Waals surface area contributed by atoms with Crippen molar-refractivity contribution < 1.29 is 9.47 Å². The molecule has 0 radical (unpaired) electrons. The van der Waals surface area contributed by atoms with E-state index in [1.165, 1.54) is 43.2 Å². The summed E-state index contributed by atoms with van der Waals surface area (Å²) in [4.78, 5) is 0. The normalized spacial score (nSPS) is 10.5. The largest absolute Gasteiger partial charge is 0.493 e. The van der Waals surface area contributed by atoms with Gasteiger partial charge in [-0.1, -0.05) is 69.0 Å². The Labute approximate surface area is 140 Å². The lowest BCUT2D eigenvalue weighted by Gasteiger charge is -2.12. The summed E-state index contributed by atoms with van der Waals surface area (Å²) in [7, 11) is 1.69. The molecular formula is C21H28O2. The number of hydrogen-bond acceptors (Lipinski definition) is 2. The van der Waals surface area contributed by atoms with Gasteiger partial charge in [0.05, 0.1) is 7.11 Å². The molecule has 0 amide bonds. The van der Waals surface area contributed by atoms with Crippen LogP contribution in [-0.4, -0.2) is 7.11 Å². The molecule has 0 aliphatic carbocycles. The molecule has 2 aromatic rings. The lowest BCUT2D eigenvalue weighted by atomic mass is 10.1. The fourth-order valence-electron chi connectivity index (χ4n) is 2.66. The minimum atomic E-state index is 0.567. The van der Waals surface area contributed by atoms with E-state index in [0.717, 1.165) is 17.9 Å². The predicted octanol–water partition coefficient (Wildman–Crippen LogP) is 5.79. The van der Waals surface area contributed by atoms with Gasteiger partial charge in [-0.2, -0.15) is 0 Å². The van der Waals surface area contributed by atoms with Crippen molar-refractivity contribution in [2.75, 3.05) is 7.11 Å². The second-order valence-corrected chi connectivity index (χ2v) is 5.92. The first-order valence-corrected chi connectivity index (χ1v) is 8.67. The molecule has 2 aromatic carbocycles. The highest BCUT2D eigenvalue weighted by Crippen LogP contribution is 2.29. The van der Waals surface area contributed by atoms with Gasteiger partial charge in [-0.05, 0) is 36.1 Å². The molecule has 23 heavy (non-hydrogen) atoms. The van der Waals surface area contributed by atoms with Crippen molar-refractivity contribution in [3.63, 3.8) is 0 Å². The third kappa shape index (κ3) is 5.97. The Balaban J connectivity index is 1.92. The van der Waals surface area contributed by atoms with E-state index >= 15 is 0 Å². The number of methoxy groups -OCH3 is 1. The van der Waals surface area contributed by atoms with Gasteiger partial charge in [0, 0.05) is 0 Å². The third-order valence-electron chi connectivity index (χ3n) is 4.03. The van der Waals surface area contributed by atoms with Crippen LogP contribution in [0.2, 0.25) is 0 Å². The molecule has 0 saturated heterocycles. The van der Waals surface area contributed by atoms with E-state index < -0.39 is 0 Å². The first kappa shape index (κ1) is 17.4. The van der Waals surface area contributed by atoms with Crippen LogP contribution in [-0.2, 0) is 13.0 Å². The van der Waals surface area contributed by atoms with Gasteiger partial charge in [-0.3, -0.25) is 0 Å². The van der Waals surface area contributed by atoms with Gasteiger partial charge in [0.25, 0.3) is 0 Å². The Kier molecular flexibility index (Phi) is 7.51. The van der Waals surface area contributed by atoms with Crippen LogP contribution in [0.3, 0.4) is 0 Å². The third-order valence-corrected chi connectivity index (χ3v) is 4.03. The standard InChI is InChI=1S/C21H28O2/c1-3-4-5-6-8-11-18-14-15-20(22-2)21(16-18)23-17-19-12-9-7-10-13-19/h7,9-10,12-16H,3-6,8,11,17H2,1-2H3. The zero-order valence-electron chi connectivity index (χ0n) is 14.4. The molecule has 2 rings (SSSR count). The fraction of sp³-hybridized carbons (Fsp3) is 0.429. The van der Waals surface area contributed by atoms with E-state index in [4.69, 9.17) is 9.47 Å². The lowest BCUT2D eigenvalue weighted by Crippen LogP contribution is -1.98. The van der Waals surface area contributed by atoms with Crippen molar-refractivity contribution in [1.82, 2.24) is 0 Å². The van der Waals surface area contributed by atoms with Crippen LogP contribution in [0.1, 0.15) is 50.2 Å². The number of benzene rings is 2. The summed E-state index contributed by atoms with van der Waals surface area (Å²) >= 11 is 0. The van der Waals surface area contributed by atoms with E-state index in [1.807, 2.05) is 24.3 Å². The molecule has 2 nitrogen and oxygen atoms in total. The molecule has 0 spiro atoms. The molecule has 0 aliphatic rings. The Hall–Kier alpha value is -1.96. The van der Waals surface area contributed by atoms with Crippen molar-refractivity contribution in [1.29, 1.82) is 0 Å². The number of hydrogen-bond donors (Lipinski definition) is 0. The van der Waals surface area contributed by atoms with Crippen LogP contribution in [0.4, 0.5) is 0 Å². The van der Waals surface area contributed by atoms with Crippen LogP contribution >= 0.6 is 0 Å². The first-order valence-electron chi connectivity index (χ1n) is 8.67. The smallest absolute Gasteiger partial charge is 0.161 e. The molecule has 2 heteroatoms. The zero-order valence-corrected chi connectivity index (χ0v) is 14.4. The van der Waals surface area contributed by atoms with Gasteiger partial charge < -0.3 is 9.47 Å². The van der Waals surface area contributed by atoms with Gasteiger partial charge >= 0.3 is 0 Å². The summed E-state index contributed by atoms with van der Waals surface area (Å²) in [6, 6.07) is 16.5. The molecule has 0 bridgehead atoms. The fourth-order valence-corrected chi connectivity index (χ4v) is 2.66. The van der Waals surface area contributed by atoms with Gasteiger partial charge in [0.1, 0.15) is 6.61 Å². The second-order valence-electron chi connectivity index (χ2n) is 5.92. The zero-order chi connectivity index (χ0) is 16.3. The Morgan fingerprint density at radius 1 is 0.783 bits per heavy atom. The van der Waals surface area contributed by atoms with E-state index in [1.54, 1.807) is 7.11 Å². The summed E-state index contributed by atoms with van der Waals surface area (Å²) < 4.78 is 11.4. The van der Waals surface area contributed by atoms with E-state index in [2.05, 4.69) is 31.2 Å². The van der Waals surface area contributed by atoms with Gasteiger partial charge in [-0.25, -0.2) is 0 Å². The molecule has 0 aromatic heterocycles. The van der Waals surface area contributed by atoms with Crippen LogP contribution in [0.5, 0.6) is 11.5 Å². The molecule has 0 unspecified atom stereocenters. The van der Waals surface area contributed by atoms with Gasteiger partial charge in [-0.15, -0.1) is 0 Å². The molecule has 0 aliphatic heterocycles. The van der Waals surface area contributed by atoms with Gasteiger partial charge in [0.2, 0.25) is 0 Å². The van der Waals surface area contributed by atoms with Crippen LogP contribution in [0, 0.1) is 0 Å². The van der Waals surface area contributed by atoms with Crippen molar-refractivity contribution in [2.24, 2.45) is 0 Å². The van der Waals surface area contributed by atoms with E-state index in [-0.39, 0.29) is 0 Å². The maximum atomic E-state index is 5.97. The first-order chi connectivity index (χ1) is 11.3. The average molecular weight is 312 g/mol. The number of aryl methyl sites for hydroxylation is 1. The van der Waals surface area contributed by atoms with Crippen molar-refractivity contribution >= 4 is 0 Å². The Morgan fingerprint density at radius 3 is 2.30 bits per heavy atom. The number of unbranched alkanes of at least 4 members (excludes halogenated alkanes) is 4. The van der Waals surface area contributed by atoms with E-state index in [0.29, 0.717) is 6.61 Å². The van der Waals surface area contributed by atoms with Gasteiger partial charge in [0.15, 0.2) is 11.5 Å². The maximum Gasteiger partial charge on any atom is 0.161 e. The monoisotopic (exact) mass is 312 g/mol. The summed E-state index contributed by atoms with van der Waals surface area (Å²) in [5.41, 5.74) is 2.49. The highest BCUT2D eigenvalue weighted by atomic mass is 16.5.